The first kappa shape index (κ1) is 17.1. The number of ether oxygens (including phenoxy) is 1. The van der Waals surface area contributed by atoms with E-state index in [-0.39, 0.29) is 0 Å². The first-order valence-electron chi connectivity index (χ1n) is 7.61. The fourth-order valence-corrected chi connectivity index (χ4v) is 3.09. The molecule has 3 rings (SSSR count). The maximum absolute atomic E-state index is 11.7. The number of aromatic amines is 1. The predicted molar refractivity (Wildman–Crippen MR) is 93.9 cm³/mol. The average molecular weight is 369 g/mol. The van der Waals surface area contributed by atoms with Gasteiger partial charge in [0.1, 0.15) is 5.69 Å². The van der Waals surface area contributed by atoms with Gasteiger partial charge in [0.2, 0.25) is 0 Å². The van der Waals surface area contributed by atoms with Gasteiger partial charge in [-0.1, -0.05) is 23.2 Å². The number of nitrogens with one attached hydrogen (secondary N) is 1. The van der Waals surface area contributed by atoms with Gasteiger partial charge in [0.05, 0.1) is 23.4 Å². The van der Waals surface area contributed by atoms with Crippen molar-refractivity contribution >= 4 is 34.9 Å². The van der Waals surface area contributed by atoms with Gasteiger partial charge in [-0.15, -0.1) is 0 Å². The van der Waals surface area contributed by atoms with Crippen LogP contribution >= 0.6 is 23.2 Å². The molecule has 1 saturated heterocycles. The number of rotatable bonds is 4. The standard InChI is InChI=1S/C16H18Cl2N4O2/c1-24-16(23)15-11(9-19-20-15)10-21-4-6-22(7-5-21)12-2-3-13(17)14(18)8-12/h2-3,8-9H,4-7,10H2,1H3,(H,19,20). The summed E-state index contributed by atoms with van der Waals surface area (Å²) in [5.41, 5.74) is 2.34. The molecular weight excluding hydrogens is 351 g/mol. The van der Waals surface area contributed by atoms with Gasteiger partial charge in [0.25, 0.3) is 0 Å². The number of carbonyl (C=O) groups is 1. The van der Waals surface area contributed by atoms with Crippen LogP contribution in [0.1, 0.15) is 16.1 Å². The molecular formula is C16H18Cl2N4O2. The van der Waals surface area contributed by atoms with E-state index in [0.717, 1.165) is 37.4 Å². The number of benzene rings is 1. The summed E-state index contributed by atoms with van der Waals surface area (Å²) in [5, 5.41) is 7.78. The normalized spacial score (nSPS) is 15.5. The maximum Gasteiger partial charge on any atom is 0.356 e. The van der Waals surface area contributed by atoms with Gasteiger partial charge in [0, 0.05) is 44.0 Å². The lowest BCUT2D eigenvalue weighted by atomic mass is 10.2. The molecule has 6 nitrogen and oxygen atoms in total. The smallest absolute Gasteiger partial charge is 0.356 e. The Balaban J connectivity index is 1.60. The van der Waals surface area contributed by atoms with Crippen molar-refractivity contribution in [3.8, 4) is 0 Å². The number of halogens is 2. The van der Waals surface area contributed by atoms with Crippen molar-refractivity contribution in [3.05, 3.63) is 45.7 Å². The van der Waals surface area contributed by atoms with Gasteiger partial charge in [0.15, 0.2) is 0 Å². The fourth-order valence-electron chi connectivity index (χ4n) is 2.80. The lowest BCUT2D eigenvalue weighted by Crippen LogP contribution is -2.46. The van der Waals surface area contributed by atoms with Gasteiger partial charge in [-0.25, -0.2) is 4.79 Å². The van der Waals surface area contributed by atoms with Crippen molar-refractivity contribution in [2.24, 2.45) is 0 Å². The number of esters is 1. The van der Waals surface area contributed by atoms with E-state index in [1.807, 2.05) is 18.2 Å². The molecule has 0 bridgehead atoms. The summed E-state index contributed by atoms with van der Waals surface area (Å²) in [6.07, 6.45) is 1.68. The highest BCUT2D eigenvalue weighted by Gasteiger charge is 2.21. The summed E-state index contributed by atoms with van der Waals surface area (Å²) < 4.78 is 4.76. The molecule has 0 unspecified atom stereocenters. The number of hydrogen-bond acceptors (Lipinski definition) is 5. The molecule has 0 spiro atoms. The third-order valence-electron chi connectivity index (χ3n) is 4.14. The SMILES string of the molecule is COC(=O)c1[nH]ncc1CN1CCN(c2ccc(Cl)c(Cl)c2)CC1. The number of anilines is 1. The number of carbonyl (C=O) groups excluding carboxylic acids is 1. The Hall–Kier alpha value is -1.76. The number of methoxy groups -OCH3 is 1. The van der Waals surface area contributed by atoms with Gasteiger partial charge in [-0.05, 0) is 18.2 Å². The summed E-state index contributed by atoms with van der Waals surface area (Å²) in [6.45, 7) is 4.18. The van der Waals surface area contributed by atoms with Gasteiger partial charge >= 0.3 is 5.97 Å². The predicted octanol–water partition coefficient (Wildman–Crippen LogP) is 2.83. The van der Waals surface area contributed by atoms with Gasteiger partial charge < -0.3 is 9.64 Å². The largest absolute Gasteiger partial charge is 0.464 e. The monoisotopic (exact) mass is 368 g/mol. The van der Waals surface area contributed by atoms with E-state index in [0.29, 0.717) is 22.3 Å². The van der Waals surface area contributed by atoms with E-state index in [4.69, 9.17) is 27.9 Å². The molecule has 8 heteroatoms. The Morgan fingerprint density at radius 2 is 2.00 bits per heavy atom. The van der Waals surface area contributed by atoms with Crippen molar-refractivity contribution in [1.82, 2.24) is 15.1 Å². The minimum absolute atomic E-state index is 0.392. The van der Waals surface area contributed by atoms with E-state index in [9.17, 15) is 4.79 Å². The van der Waals surface area contributed by atoms with Gasteiger partial charge in [-0.2, -0.15) is 5.10 Å². The molecule has 0 atom stereocenters. The summed E-state index contributed by atoms with van der Waals surface area (Å²) in [4.78, 5) is 16.2. The van der Waals surface area contributed by atoms with Crippen molar-refractivity contribution < 1.29 is 9.53 Å². The second kappa shape index (κ2) is 7.42. The topological polar surface area (TPSA) is 61.5 Å². The molecule has 1 aliphatic heterocycles. The average Bonchev–Trinajstić information content (AvgIpc) is 3.05. The Labute approximate surface area is 150 Å². The molecule has 1 N–H and O–H groups in total. The lowest BCUT2D eigenvalue weighted by Gasteiger charge is -2.36. The van der Waals surface area contributed by atoms with Crippen molar-refractivity contribution in [2.45, 2.75) is 6.54 Å². The van der Waals surface area contributed by atoms with E-state index >= 15 is 0 Å². The minimum Gasteiger partial charge on any atom is -0.464 e. The van der Waals surface area contributed by atoms with Crippen molar-refractivity contribution in [2.75, 3.05) is 38.2 Å². The highest BCUT2D eigenvalue weighted by atomic mass is 35.5. The third-order valence-corrected chi connectivity index (χ3v) is 4.88. The molecule has 0 saturated carbocycles. The first-order valence-corrected chi connectivity index (χ1v) is 8.37. The third kappa shape index (κ3) is 3.66. The fraction of sp³-hybridized carbons (Fsp3) is 0.375. The van der Waals surface area contributed by atoms with Crippen LogP contribution in [0, 0.1) is 0 Å². The van der Waals surface area contributed by atoms with Crippen LogP contribution in [-0.4, -0.2) is 54.4 Å². The summed E-state index contributed by atoms with van der Waals surface area (Å²) in [6, 6.07) is 5.69. The van der Waals surface area contributed by atoms with Crippen LogP contribution in [0.2, 0.25) is 10.0 Å². The first-order chi connectivity index (χ1) is 11.6. The van der Waals surface area contributed by atoms with Crippen LogP contribution in [0.3, 0.4) is 0 Å². The molecule has 1 aliphatic rings. The number of hydrogen-bond donors (Lipinski definition) is 1. The molecule has 24 heavy (non-hydrogen) atoms. The van der Waals surface area contributed by atoms with Crippen LogP contribution in [0.4, 0.5) is 5.69 Å². The van der Waals surface area contributed by atoms with E-state index in [1.165, 1.54) is 7.11 Å². The van der Waals surface area contributed by atoms with Crippen LogP contribution in [0.5, 0.6) is 0 Å². The molecule has 0 aliphatic carbocycles. The summed E-state index contributed by atoms with van der Waals surface area (Å²) >= 11 is 12.1. The highest BCUT2D eigenvalue weighted by Crippen LogP contribution is 2.28. The molecule has 0 amide bonds. The van der Waals surface area contributed by atoms with Crippen LogP contribution < -0.4 is 4.90 Å². The quantitative estimate of drug-likeness (QED) is 0.840. The maximum atomic E-state index is 11.7. The second-order valence-corrected chi connectivity index (χ2v) is 6.44. The zero-order valence-corrected chi connectivity index (χ0v) is 14.8. The Bertz CT molecular complexity index is 727. The number of piperazine rings is 1. The zero-order valence-electron chi connectivity index (χ0n) is 13.3. The molecule has 0 radical (unpaired) electrons. The van der Waals surface area contributed by atoms with Crippen LogP contribution in [0.15, 0.2) is 24.4 Å². The van der Waals surface area contributed by atoms with Crippen molar-refractivity contribution in [3.63, 3.8) is 0 Å². The Morgan fingerprint density at radius 1 is 1.25 bits per heavy atom. The number of aromatic nitrogens is 2. The van der Waals surface area contributed by atoms with Gasteiger partial charge in [-0.3, -0.25) is 10.00 Å². The molecule has 128 valence electrons. The van der Waals surface area contributed by atoms with Crippen LogP contribution in [0.25, 0.3) is 0 Å². The highest BCUT2D eigenvalue weighted by molar-refractivity contribution is 6.42. The molecule has 2 heterocycles. The summed E-state index contributed by atoms with van der Waals surface area (Å²) in [5.74, 6) is -0.392. The van der Waals surface area contributed by atoms with Crippen molar-refractivity contribution in [1.29, 1.82) is 0 Å². The van der Waals surface area contributed by atoms with Crippen LogP contribution in [-0.2, 0) is 11.3 Å². The number of H-pyrrole nitrogens is 1. The minimum atomic E-state index is -0.392. The molecule has 1 aromatic carbocycles. The molecule has 1 fully saturated rings. The lowest BCUT2D eigenvalue weighted by molar-refractivity contribution is 0.0591. The summed E-state index contributed by atoms with van der Waals surface area (Å²) in [7, 11) is 1.36. The van der Waals surface area contributed by atoms with E-state index in [2.05, 4.69) is 20.0 Å². The molecule has 2 aromatic rings. The van der Waals surface area contributed by atoms with E-state index in [1.54, 1.807) is 6.20 Å². The number of nitrogens with zero attached hydrogens (tertiary/aromatic N) is 3. The Morgan fingerprint density at radius 3 is 2.67 bits per heavy atom. The van der Waals surface area contributed by atoms with E-state index < -0.39 is 5.97 Å². The zero-order chi connectivity index (χ0) is 17.1. The molecule has 1 aromatic heterocycles. The Kier molecular flexibility index (Phi) is 5.28. The second-order valence-electron chi connectivity index (χ2n) is 5.62.